The van der Waals surface area contributed by atoms with Gasteiger partial charge in [-0.15, -0.1) is 0 Å². The van der Waals surface area contributed by atoms with E-state index in [-0.39, 0.29) is 17.8 Å². The minimum atomic E-state index is -0.186. The maximum absolute atomic E-state index is 13.4. The van der Waals surface area contributed by atoms with Gasteiger partial charge < -0.3 is 9.88 Å². The van der Waals surface area contributed by atoms with Crippen LogP contribution in [0.2, 0.25) is 0 Å². The fourth-order valence-corrected chi connectivity index (χ4v) is 4.31. The number of carbonyl (C=O) groups excluding carboxylic acids is 1. The Hall–Kier alpha value is -2.66. The van der Waals surface area contributed by atoms with Gasteiger partial charge in [-0.25, -0.2) is 4.39 Å². The Morgan fingerprint density at radius 1 is 1.14 bits per heavy atom. The molecule has 1 aromatic heterocycles. The zero-order valence-corrected chi connectivity index (χ0v) is 16.9. The molecule has 29 heavy (non-hydrogen) atoms. The molecule has 1 N–H and O–H groups in total. The first-order valence-corrected chi connectivity index (χ1v) is 10.5. The molecule has 1 saturated heterocycles. The zero-order valence-electron chi connectivity index (χ0n) is 16.9. The number of carbonyl (C=O) groups is 1. The van der Waals surface area contributed by atoms with Crippen LogP contribution >= 0.6 is 0 Å². The number of amides is 1. The highest BCUT2D eigenvalue weighted by molar-refractivity contribution is 5.89. The van der Waals surface area contributed by atoms with Crippen molar-refractivity contribution in [2.24, 2.45) is 0 Å². The molecule has 0 spiro atoms. The van der Waals surface area contributed by atoms with Crippen LogP contribution in [-0.4, -0.2) is 34.5 Å². The first-order valence-electron chi connectivity index (χ1n) is 10.5. The van der Waals surface area contributed by atoms with Crippen LogP contribution < -0.4 is 5.32 Å². The molecule has 1 fully saturated rings. The highest BCUT2D eigenvalue weighted by atomic mass is 19.1. The number of para-hydroxylation sites is 1. The summed E-state index contributed by atoms with van der Waals surface area (Å²) in [5.41, 5.74) is 3.27. The Morgan fingerprint density at radius 2 is 1.93 bits per heavy atom. The number of piperidine rings is 1. The fourth-order valence-electron chi connectivity index (χ4n) is 4.31. The molecule has 2 heterocycles. The lowest BCUT2D eigenvalue weighted by atomic mass is 10.0. The van der Waals surface area contributed by atoms with Gasteiger partial charge in [0.05, 0.1) is 6.42 Å². The minimum absolute atomic E-state index is 0.0904. The number of fused-ring (bicyclic) bond motifs is 1. The summed E-state index contributed by atoms with van der Waals surface area (Å²) < 4.78 is 15.6. The summed E-state index contributed by atoms with van der Waals surface area (Å²) in [6.07, 6.45) is 4.37. The third-order valence-electron chi connectivity index (χ3n) is 5.81. The molecule has 4 nitrogen and oxygen atoms in total. The van der Waals surface area contributed by atoms with Gasteiger partial charge >= 0.3 is 0 Å². The van der Waals surface area contributed by atoms with E-state index < -0.39 is 0 Å². The number of benzene rings is 2. The van der Waals surface area contributed by atoms with Gasteiger partial charge in [-0.2, -0.15) is 0 Å². The molecule has 4 rings (SSSR count). The van der Waals surface area contributed by atoms with E-state index >= 15 is 0 Å². The SMILES string of the molecule is CCn1cc(CC(=O)NC2CCN(Cc3cccc(F)c3)CC2)c2ccccc21. The summed E-state index contributed by atoms with van der Waals surface area (Å²) in [5.74, 6) is -0.0957. The van der Waals surface area contributed by atoms with Crippen molar-refractivity contribution in [1.82, 2.24) is 14.8 Å². The van der Waals surface area contributed by atoms with Crippen molar-refractivity contribution in [3.63, 3.8) is 0 Å². The largest absolute Gasteiger partial charge is 0.353 e. The smallest absolute Gasteiger partial charge is 0.224 e. The van der Waals surface area contributed by atoms with Crippen LogP contribution in [0.25, 0.3) is 10.9 Å². The number of likely N-dealkylation sites (tertiary alicyclic amines) is 1. The minimum Gasteiger partial charge on any atom is -0.353 e. The number of nitrogens with zero attached hydrogens (tertiary/aromatic N) is 2. The second-order valence-corrected chi connectivity index (χ2v) is 7.88. The molecular formula is C24H28FN3O. The molecule has 1 amide bonds. The summed E-state index contributed by atoms with van der Waals surface area (Å²) in [6.45, 7) is 5.60. The second-order valence-electron chi connectivity index (χ2n) is 7.88. The van der Waals surface area contributed by atoms with Gasteiger partial charge in [0.2, 0.25) is 5.91 Å². The van der Waals surface area contributed by atoms with Crippen LogP contribution in [0.5, 0.6) is 0 Å². The lowest BCUT2D eigenvalue weighted by molar-refractivity contribution is -0.121. The van der Waals surface area contributed by atoms with Gasteiger partial charge in [0.1, 0.15) is 5.82 Å². The van der Waals surface area contributed by atoms with E-state index in [0.717, 1.165) is 55.5 Å². The number of nitrogens with one attached hydrogen (secondary N) is 1. The topological polar surface area (TPSA) is 37.3 Å². The standard InChI is InChI=1S/C24H28FN3O/c1-2-28-17-19(22-8-3-4-9-23(22)28)15-24(29)26-21-10-12-27(13-11-21)16-18-6-5-7-20(25)14-18/h3-9,14,17,21H,2,10-13,15-16H2,1H3,(H,26,29). The monoisotopic (exact) mass is 393 g/mol. The Bertz CT molecular complexity index is 989. The third kappa shape index (κ3) is 4.67. The molecule has 0 atom stereocenters. The van der Waals surface area contributed by atoms with E-state index in [1.165, 1.54) is 11.6 Å². The van der Waals surface area contributed by atoms with Gasteiger partial charge in [-0.1, -0.05) is 30.3 Å². The molecule has 0 unspecified atom stereocenters. The van der Waals surface area contributed by atoms with Crippen LogP contribution in [-0.2, 0) is 24.3 Å². The van der Waals surface area contributed by atoms with E-state index in [1.54, 1.807) is 12.1 Å². The summed E-state index contributed by atoms with van der Waals surface area (Å²) in [4.78, 5) is 15.0. The lowest BCUT2D eigenvalue weighted by Gasteiger charge is -2.32. The second kappa shape index (κ2) is 8.78. The molecule has 0 radical (unpaired) electrons. The predicted molar refractivity (Wildman–Crippen MR) is 114 cm³/mol. The normalized spacial score (nSPS) is 15.7. The number of aryl methyl sites for hydroxylation is 1. The lowest BCUT2D eigenvalue weighted by Crippen LogP contribution is -2.44. The quantitative estimate of drug-likeness (QED) is 0.684. The van der Waals surface area contributed by atoms with Crippen LogP contribution in [0.4, 0.5) is 4.39 Å². The molecular weight excluding hydrogens is 365 g/mol. The van der Waals surface area contributed by atoms with Crippen molar-refractivity contribution in [3.05, 3.63) is 71.7 Å². The van der Waals surface area contributed by atoms with E-state index in [9.17, 15) is 9.18 Å². The predicted octanol–water partition coefficient (Wildman–Crippen LogP) is 4.12. The number of halogens is 1. The van der Waals surface area contributed by atoms with Crippen molar-refractivity contribution >= 4 is 16.8 Å². The van der Waals surface area contributed by atoms with Crippen molar-refractivity contribution in [1.29, 1.82) is 0 Å². The molecule has 3 aromatic rings. The Labute approximate surface area is 171 Å². The molecule has 0 aliphatic carbocycles. The van der Waals surface area contributed by atoms with Gasteiger partial charge in [-0.3, -0.25) is 9.69 Å². The summed E-state index contributed by atoms with van der Waals surface area (Å²) in [7, 11) is 0. The molecule has 5 heteroatoms. The Balaban J connectivity index is 1.30. The van der Waals surface area contributed by atoms with Crippen LogP contribution in [0.1, 0.15) is 30.9 Å². The number of aromatic nitrogens is 1. The maximum atomic E-state index is 13.4. The molecule has 152 valence electrons. The van der Waals surface area contributed by atoms with E-state index in [4.69, 9.17) is 0 Å². The highest BCUT2D eigenvalue weighted by Crippen LogP contribution is 2.22. The van der Waals surface area contributed by atoms with Gasteiger partial charge in [-0.05, 0) is 49.1 Å². The van der Waals surface area contributed by atoms with Crippen LogP contribution in [0.15, 0.2) is 54.7 Å². The maximum Gasteiger partial charge on any atom is 0.224 e. The Morgan fingerprint density at radius 3 is 2.69 bits per heavy atom. The van der Waals surface area contributed by atoms with E-state index in [2.05, 4.69) is 40.0 Å². The third-order valence-corrected chi connectivity index (χ3v) is 5.81. The molecule has 2 aromatic carbocycles. The van der Waals surface area contributed by atoms with E-state index in [1.807, 2.05) is 18.2 Å². The first kappa shape index (κ1) is 19.6. The van der Waals surface area contributed by atoms with Gasteiger partial charge in [0.15, 0.2) is 0 Å². The number of hydrogen-bond donors (Lipinski definition) is 1. The molecule has 1 aliphatic heterocycles. The van der Waals surface area contributed by atoms with Crippen LogP contribution in [0, 0.1) is 5.82 Å². The summed E-state index contributed by atoms with van der Waals surface area (Å²) in [6, 6.07) is 15.3. The fraction of sp³-hybridized carbons (Fsp3) is 0.375. The van der Waals surface area contributed by atoms with Gasteiger partial charge in [0, 0.05) is 49.3 Å². The molecule has 0 bridgehead atoms. The van der Waals surface area contributed by atoms with Crippen molar-refractivity contribution in [3.8, 4) is 0 Å². The zero-order chi connectivity index (χ0) is 20.2. The van der Waals surface area contributed by atoms with E-state index in [0.29, 0.717) is 6.42 Å². The summed E-state index contributed by atoms with van der Waals surface area (Å²) >= 11 is 0. The number of hydrogen-bond acceptors (Lipinski definition) is 2. The molecule has 1 aliphatic rings. The van der Waals surface area contributed by atoms with Gasteiger partial charge in [0.25, 0.3) is 0 Å². The Kier molecular flexibility index (Phi) is 5.95. The van der Waals surface area contributed by atoms with Crippen molar-refractivity contribution in [2.45, 2.75) is 45.3 Å². The molecule has 0 saturated carbocycles. The number of rotatable bonds is 6. The van der Waals surface area contributed by atoms with Crippen molar-refractivity contribution < 1.29 is 9.18 Å². The van der Waals surface area contributed by atoms with Crippen molar-refractivity contribution in [2.75, 3.05) is 13.1 Å². The highest BCUT2D eigenvalue weighted by Gasteiger charge is 2.21. The summed E-state index contributed by atoms with van der Waals surface area (Å²) in [5, 5.41) is 4.38. The average molecular weight is 394 g/mol. The average Bonchev–Trinajstić information content (AvgIpc) is 3.07. The first-order chi connectivity index (χ1) is 14.1. The van der Waals surface area contributed by atoms with Crippen LogP contribution in [0.3, 0.4) is 0 Å².